The highest BCUT2D eigenvalue weighted by atomic mass is 32.2. The molecule has 164 valence electrons. The molecule has 30 heavy (non-hydrogen) atoms. The van der Waals surface area contributed by atoms with Crippen LogP contribution in [0.15, 0.2) is 36.4 Å². The Morgan fingerprint density at radius 3 is 1.33 bits per heavy atom. The van der Waals surface area contributed by atoms with Crippen molar-refractivity contribution < 1.29 is 18.9 Å². The summed E-state index contributed by atoms with van der Waals surface area (Å²) in [5.74, 6) is 5.49. The second kappa shape index (κ2) is 11.6. The molecule has 0 amide bonds. The van der Waals surface area contributed by atoms with Crippen molar-refractivity contribution in [3.05, 3.63) is 47.5 Å². The summed E-state index contributed by atoms with van der Waals surface area (Å²) in [5.41, 5.74) is 2.49. The zero-order valence-corrected chi connectivity index (χ0v) is 19.5. The van der Waals surface area contributed by atoms with Gasteiger partial charge in [0.25, 0.3) is 0 Å². The Balaban J connectivity index is 0.000000171. The van der Waals surface area contributed by atoms with Crippen molar-refractivity contribution in [1.29, 1.82) is 0 Å². The highest BCUT2D eigenvalue weighted by Gasteiger charge is 2.19. The van der Waals surface area contributed by atoms with Crippen LogP contribution in [-0.2, 0) is 0 Å². The lowest BCUT2D eigenvalue weighted by molar-refractivity contribution is 0.354. The number of thioether (sulfide) groups is 2. The quantitative estimate of drug-likeness (QED) is 0.683. The van der Waals surface area contributed by atoms with Gasteiger partial charge in [0.2, 0.25) is 0 Å². The van der Waals surface area contributed by atoms with Gasteiger partial charge in [-0.3, -0.25) is 0 Å². The van der Waals surface area contributed by atoms with Gasteiger partial charge >= 0.3 is 0 Å². The van der Waals surface area contributed by atoms with Gasteiger partial charge < -0.3 is 29.6 Å². The molecule has 6 nitrogen and oxygen atoms in total. The second-order valence-corrected chi connectivity index (χ2v) is 9.06. The molecule has 2 fully saturated rings. The van der Waals surface area contributed by atoms with Gasteiger partial charge in [-0.1, -0.05) is 12.1 Å². The van der Waals surface area contributed by atoms with Gasteiger partial charge in [0, 0.05) is 24.6 Å². The summed E-state index contributed by atoms with van der Waals surface area (Å²) in [5, 5.41) is 7.64. The van der Waals surface area contributed by atoms with Gasteiger partial charge in [0.05, 0.1) is 39.2 Å². The predicted octanol–water partition coefficient (Wildman–Crippen LogP) is 4.08. The Labute approximate surface area is 187 Å². The summed E-state index contributed by atoms with van der Waals surface area (Å²) in [6, 6.07) is 12.1. The van der Waals surface area contributed by atoms with Gasteiger partial charge in [-0.25, -0.2) is 0 Å². The Morgan fingerprint density at radius 2 is 1.03 bits per heavy atom. The van der Waals surface area contributed by atoms with E-state index in [9.17, 15) is 0 Å². The minimum atomic E-state index is 0.393. The van der Waals surface area contributed by atoms with Crippen LogP contribution in [0, 0.1) is 0 Å². The largest absolute Gasteiger partial charge is 0.493 e. The predicted molar refractivity (Wildman–Crippen MR) is 125 cm³/mol. The first-order valence-corrected chi connectivity index (χ1v) is 11.9. The second-order valence-electron chi connectivity index (χ2n) is 6.64. The van der Waals surface area contributed by atoms with Gasteiger partial charge in [-0.15, -0.1) is 23.5 Å². The topological polar surface area (TPSA) is 61.0 Å². The van der Waals surface area contributed by atoms with Crippen LogP contribution in [0.2, 0.25) is 0 Å². The maximum absolute atomic E-state index is 5.27. The molecule has 2 aromatic carbocycles. The van der Waals surface area contributed by atoms with Crippen LogP contribution in [0.5, 0.6) is 23.0 Å². The highest BCUT2D eigenvalue weighted by molar-refractivity contribution is 8.00. The molecular weight excluding hydrogens is 420 g/mol. The van der Waals surface area contributed by atoms with E-state index < -0.39 is 0 Å². The molecule has 2 aliphatic heterocycles. The molecule has 2 heterocycles. The summed E-state index contributed by atoms with van der Waals surface area (Å²) in [4.78, 5) is 0. The summed E-state index contributed by atoms with van der Waals surface area (Å²) < 4.78 is 21.0. The van der Waals surface area contributed by atoms with E-state index in [4.69, 9.17) is 18.9 Å². The number of ether oxygens (including phenoxy) is 4. The van der Waals surface area contributed by atoms with E-state index in [1.807, 2.05) is 47.8 Å². The van der Waals surface area contributed by atoms with Gasteiger partial charge in [0.1, 0.15) is 0 Å². The fourth-order valence-corrected chi connectivity index (χ4v) is 5.40. The van der Waals surface area contributed by atoms with Crippen molar-refractivity contribution >= 4 is 23.5 Å². The van der Waals surface area contributed by atoms with Crippen LogP contribution in [0.1, 0.15) is 21.9 Å². The molecule has 0 radical (unpaired) electrons. The molecule has 2 N–H and O–H groups in total. The van der Waals surface area contributed by atoms with Crippen LogP contribution in [0.4, 0.5) is 0 Å². The maximum atomic E-state index is 5.27. The Hall–Kier alpha value is -1.74. The number of methoxy groups -OCH3 is 4. The first-order chi connectivity index (χ1) is 14.7. The van der Waals surface area contributed by atoms with Crippen molar-refractivity contribution in [3.63, 3.8) is 0 Å². The number of hydrogen-bond acceptors (Lipinski definition) is 8. The van der Waals surface area contributed by atoms with Crippen molar-refractivity contribution in [2.75, 3.05) is 53.0 Å². The molecule has 2 aliphatic rings. The first-order valence-electron chi connectivity index (χ1n) is 9.84. The smallest absolute Gasteiger partial charge is 0.161 e. The lowest BCUT2D eigenvalue weighted by atomic mass is 10.2. The monoisotopic (exact) mass is 450 g/mol. The lowest BCUT2D eigenvalue weighted by Crippen LogP contribution is -2.12. The molecule has 2 unspecified atom stereocenters. The fourth-order valence-electron chi connectivity index (χ4n) is 3.31. The number of hydrogen-bond donors (Lipinski definition) is 2. The molecule has 0 aromatic heterocycles. The van der Waals surface area contributed by atoms with Crippen LogP contribution in [-0.4, -0.2) is 53.0 Å². The SMILES string of the molecule is COc1ccc(C2NCCS2)cc1OC.COc1ccc(C2NCCS2)cc1OC. The molecule has 2 saturated heterocycles. The summed E-state index contributed by atoms with van der Waals surface area (Å²) in [7, 11) is 6.63. The lowest BCUT2D eigenvalue weighted by Gasteiger charge is -2.13. The third kappa shape index (κ3) is 5.69. The molecule has 0 saturated carbocycles. The van der Waals surface area contributed by atoms with E-state index in [2.05, 4.69) is 22.8 Å². The molecule has 0 aliphatic carbocycles. The van der Waals surface area contributed by atoms with Crippen molar-refractivity contribution in [3.8, 4) is 23.0 Å². The Kier molecular flexibility index (Phi) is 8.87. The number of rotatable bonds is 6. The molecule has 2 aromatic rings. The van der Waals surface area contributed by atoms with E-state index in [1.165, 1.54) is 22.6 Å². The fraction of sp³-hybridized carbons (Fsp3) is 0.455. The number of nitrogens with one attached hydrogen (secondary N) is 2. The zero-order valence-electron chi connectivity index (χ0n) is 17.9. The summed E-state index contributed by atoms with van der Waals surface area (Å²) >= 11 is 3.84. The normalized spacial score (nSPS) is 20.3. The molecule has 4 rings (SSSR count). The van der Waals surface area contributed by atoms with E-state index >= 15 is 0 Å². The van der Waals surface area contributed by atoms with Crippen LogP contribution in [0.25, 0.3) is 0 Å². The molecule has 2 atom stereocenters. The van der Waals surface area contributed by atoms with Gasteiger partial charge in [-0.05, 0) is 35.4 Å². The van der Waals surface area contributed by atoms with Gasteiger partial charge in [0.15, 0.2) is 23.0 Å². The molecule has 0 spiro atoms. The average molecular weight is 451 g/mol. The Morgan fingerprint density at radius 1 is 0.633 bits per heavy atom. The minimum Gasteiger partial charge on any atom is -0.493 e. The molecule has 0 bridgehead atoms. The van der Waals surface area contributed by atoms with Crippen LogP contribution < -0.4 is 29.6 Å². The standard InChI is InChI=1S/2C11H15NO2S/c2*1-13-9-4-3-8(7-10(9)14-2)11-12-5-6-15-11/h2*3-4,7,11-12H,5-6H2,1-2H3. The van der Waals surface area contributed by atoms with Crippen LogP contribution in [0.3, 0.4) is 0 Å². The van der Waals surface area contributed by atoms with E-state index in [-0.39, 0.29) is 0 Å². The van der Waals surface area contributed by atoms with E-state index in [1.54, 1.807) is 28.4 Å². The van der Waals surface area contributed by atoms with E-state index in [0.717, 1.165) is 36.1 Å². The van der Waals surface area contributed by atoms with Gasteiger partial charge in [-0.2, -0.15) is 0 Å². The summed E-state index contributed by atoms with van der Waals surface area (Å²) in [6.45, 7) is 2.15. The molecule has 8 heteroatoms. The third-order valence-electron chi connectivity index (χ3n) is 4.85. The Bertz CT molecular complexity index is 742. The minimum absolute atomic E-state index is 0.393. The van der Waals surface area contributed by atoms with Crippen molar-refractivity contribution in [2.24, 2.45) is 0 Å². The maximum Gasteiger partial charge on any atom is 0.161 e. The average Bonchev–Trinajstić information content (AvgIpc) is 3.53. The highest BCUT2D eigenvalue weighted by Crippen LogP contribution is 2.36. The summed E-state index contributed by atoms with van der Waals surface area (Å²) in [6.07, 6.45) is 0. The van der Waals surface area contributed by atoms with Crippen molar-refractivity contribution in [1.82, 2.24) is 10.6 Å². The van der Waals surface area contributed by atoms with Crippen molar-refractivity contribution in [2.45, 2.75) is 10.7 Å². The van der Waals surface area contributed by atoms with Crippen LogP contribution >= 0.6 is 23.5 Å². The third-order valence-corrected chi connectivity index (χ3v) is 7.28. The van der Waals surface area contributed by atoms with E-state index in [0.29, 0.717) is 10.7 Å². The zero-order chi connectivity index (χ0) is 21.3. The molecular formula is C22H30N2O4S2. The first kappa shape index (κ1) is 22.9. The number of benzene rings is 2.